The number of sulfonamides is 1. The third-order valence-electron chi connectivity index (χ3n) is 3.77. The molecule has 0 heterocycles. The molecule has 0 aliphatic carbocycles. The lowest BCUT2D eigenvalue weighted by molar-refractivity contribution is -0.122. The van der Waals surface area contributed by atoms with Crippen LogP contribution in [-0.4, -0.2) is 27.5 Å². The summed E-state index contributed by atoms with van der Waals surface area (Å²) in [4.78, 5) is 12.2. The van der Waals surface area contributed by atoms with E-state index in [2.05, 4.69) is 10.0 Å². The van der Waals surface area contributed by atoms with Gasteiger partial charge in [0.15, 0.2) is 0 Å². The van der Waals surface area contributed by atoms with E-state index in [-0.39, 0.29) is 17.9 Å². The molecule has 1 amide bonds. The van der Waals surface area contributed by atoms with Crippen molar-refractivity contribution in [3.63, 3.8) is 0 Å². The molecule has 26 heavy (non-hydrogen) atoms. The van der Waals surface area contributed by atoms with Crippen LogP contribution in [0, 0.1) is 5.82 Å². The number of halogens is 1. The molecule has 0 spiro atoms. The van der Waals surface area contributed by atoms with Crippen molar-refractivity contribution in [2.75, 3.05) is 7.11 Å². The van der Waals surface area contributed by atoms with Crippen LogP contribution in [0.25, 0.3) is 0 Å². The van der Waals surface area contributed by atoms with Crippen molar-refractivity contribution in [3.8, 4) is 5.75 Å². The Labute approximate surface area is 152 Å². The van der Waals surface area contributed by atoms with E-state index < -0.39 is 27.8 Å². The van der Waals surface area contributed by atoms with E-state index in [4.69, 9.17) is 4.74 Å². The van der Waals surface area contributed by atoms with E-state index in [1.807, 2.05) is 12.1 Å². The fraction of sp³-hybridized carbons (Fsp3) is 0.278. The quantitative estimate of drug-likeness (QED) is 0.735. The minimum Gasteiger partial charge on any atom is -0.497 e. The number of nitrogens with one attached hydrogen (secondary N) is 2. The SMILES string of the molecule is CCC(NS(=O)(=O)c1ccc(F)cc1)C(=O)NCc1ccc(OC)cc1. The summed E-state index contributed by atoms with van der Waals surface area (Å²) in [6, 6.07) is 10.7. The summed E-state index contributed by atoms with van der Waals surface area (Å²) >= 11 is 0. The van der Waals surface area contributed by atoms with Crippen LogP contribution in [-0.2, 0) is 21.4 Å². The van der Waals surface area contributed by atoms with E-state index in [0.717, 1.165) is 29.8 Å². The number of hydrogen-bond acceptors (Lipinski definition) is 4. The van der Waals surface area contributed by atoms with Crippen molar-refractivity contribution in [3.05, 3.63) is 59.9 Å². The molecule has 8 heteroatoms. The molecule has 2 aromatic carbocycles. The van der Waals surface area contributed by atoms with Crippen LogP contribution in [0.4, 0.5) is 4.39 Å². The third-order valence-corrected chi connectivity index (χ3v) is 5.26. The molecule has 0 saturated carbocycles. The maximum Gasteiger partial charge on any atom is 0.241 e. The van der Waals surface area contributed by atoms with E-state index in [1.165, 1.54) is 0 Å². The Morgan fingerprint density at radius 1 is 1.12 bits per heavy atom. The molecule has 6 nitrogen and oxygen atoms in total. The second-order valence-electron chi connectivity index (χ2n) is 5.60. The number of ether oxygens (including phenoxy) is 1. The summed E-state index contributed by atoms with van der Waals surface area (Å²) in [5.41, 5.74) is 0.857. The van der Waals surface area contributed by atoms with Gasteiger partial charge in [0, 0.05) is 6.54 Å². The highest BCUT2D eigenvalue weighted by molar-refractivity contribution is 7.89. The molecule has 0 aliphatic heterocycles. The second-order valence-corrected chi connectivity index (χ2v) is 7.32. The van der Waals surface area contributed by atoms with Gasteiger partial charge < -0.3 is 10.1 Å². The molecule has 0 bridgehead atoms. The van der Waals surface area contributed by atoms with Crippen molar-refractivity contribution in [1.29, 1.82) is 0 Å². The van der Waals surface area contributed by atoms with Gasteiger partial charge in [0.25, 0.3) is 0 Å². The molecule has 2 aromatic rings. The van der Waals surface area contributed by atoms with Crippen LogP contribution >= 0.6 is 0 Å². The van der Waals surface area contributed by atoms with Crippen molar-refractivity contribution in [2.45, 2.75) is 30.8 Å². The zero-order valence-corrected chi connectivity index (χ0v) is 15.3. The Bertz CT molecular complexity index is 836. The van der Waals surface area contributed by atoms with Gasteiger partial charge in [-0.3, -0.25) is 4.79 Å². The highest BCUT2D eigenvalue weighted by atomic mass is 32.2. The van der Waals surface area contributed by atoms with Crippen LogP contribution in [0.1, 0.15) is 18.9 Å². The number of rotatable bonds is 8. The summed E-state index contributed by atoms with van der Waals surface area (Å²) in [7, 11) is -2.35. The van der Waals surface area contributed by atoms with Crippen LogP contribution in [0.2, 0.25) is 0 Å². The molecule has 2 N–H and O–H groups in total. The molecular formula is C18H21FN2O4S. The van der Waals surface area contributed by atoms with E-state index in [1.54, 1.807) is 26.2 Å². The minimum atomic E-state index is -3.92. The summed E-state index contributed by atoms with van der Waals surface area (Å²) in [6.07, 6.45) is 0.273. The van der Waals surface area contributed by atoms with Gasteiger partial charge in [0.05, 0.1) is 12.0 Å². The Morgan fingerprint density at radius 3 is 2.27 bits per heavy atom. The van der Waals surface area contributed by atoms with Crippen molar-refractivity contribution in [1.82, 2.24) is 10.0 Å². The Morgan fingerprint density at radius 2 is 1.73 bits per heavy atom. The maximum absolute atomic E-state index is 13.0. The summed E-state index contributed by atoms with van der Waals surface area (Å²) in [5, 5.41) is 2.70. The topological polar surface area (TPSA) is 84.5 Å². The van der Waals surface area contributed by atoms with Crippen LogP contribution in [0.15, 0.2) is 53.4 Å². The summed E-state index contributed by atoms with van der Waals surface area (Å²) in [6.45, 7) is 1.96. The molecule has 0 aromatic heterocycles. The van der Waals surface area contributed by atoms with E-state index in [9.17, 15) is 17.6 Å². The van der Waals surface area contributed by atoms with Gasteiger partial charge in [-0.1, -0.05) is 19.1 Å². The molecular weight excluding hydrogens is 359 g/mol. The van der Waals surface area contributed by atoms with Gasteiger partial charge in [0.2, 0.25) is 15.9 Å². The van der Waals surface area contributed by atoms with E-state index >= 15 is 0 Å². The predicted molar refractivity (Wildman–Crippen MR) is 95.6 cm³/mol. The lowest BCUT2D eigenvalue weighted by atomic mass is 10.2. The first-order valence-corrected chi connectivity index (χ1v) is 9.52. The molecule has 140 valence electrons. The number of carbonyl (C=O) groups is 1. The number of amides is 1. The molecule has 1 atom stereocenters. The smallest absolute Gasteiger partial charge is 0.241 e. The standard InChI is InChI=1S/C18H21FN2O4S/c1-3-17(21-26(23,24)16-10-6-14(19)7-11-16)18(22)20-12-13-4-8-15(25-2)9-5-13/h4-11,17,21H,3,12H2,1-2H3,(H,20,22). The molecule has 2 rings (SSSR count). The van der Waals surface area contributed by atoms with Gasteiger partial charge in [-0.2, -0.15) is 4.72 Å². The van der Waals surface area contributed by atoms with Crippen LogP contribution in [0.3, 0.4) is 0 Å². The van der Waals surface area contributed by atoms with Crippen molar-refractivity contribution in [2.24, 2.45) is 0 Å². The maximum atomic E-state index is 13.0. The van der Waals surface area contributed by atoms with E-state index in [0.29, 0.717) is 5.75 Å². The second kappa shape index (κ2) is 8.77. The number of carbonyl (C=O) groups excluding carboxylic acids is 1. The van der Waals surface area contributed by atoms with Gasteiger partial charge in [0.1, 0.15) is 17.6 Å². The first-order valence-electron chi connectivity index (χ1n) is 8.04. The molecule has 0 saturated heterocycles. The Hall–Kier alpha value is -2.45. The highest BCUT2D eigenvalue weighted by Crippen LogP contribution is 2.12. The predicted octanol–water partition coefficient (Wildman–Crippen LogP) is 2.21. The normalized spacial score (nSPS) is 12.4. The highest BCUT2D eigenvalue weighted by Gasteiger charge is 2.24. The summed E-state index contributed by atoms with van der Waals surface area (Å²) < 4.78 is 45.0. The van der Waals surface area contributed by atoms with Crippen molar-refractivity contribution < 1.29 is 22.3 Å². The van der Waals surface area contributed by atoms with Crippen LogP contribution in [0.5, 0.6) is 5.75 Å². The Kier molecular flexibility index (Phi) is 6.70. The molecule has 1 unspecified atom stereocenters. The van der Waals surface area contributed by atoms with Crippen molar-refractivity contribution >= 4 is 15.9 Å². The number of hydrogen-bond donors (Lipinski definition) is 2. The van der Waals surface area contributed by atoms with Gasteiger partial charge in [-0.15, -0.1) is 0 Å². The monoisotopic (exact) mass is 380 g/mol. The fourth-order valence-corrected chi connectivity index (χ4v) is 3.53. The minimum absolute atomic E-state index is 0.0969. The lowest BCUT2D eigenvalue weighted by Crippen LogP contribution is -2.46. The molecule has 0 fully saturated rings. The summed E-state index contributed by atoms with van der Waals surface area (Å²) in [5.74, 6) is -0.263. The molecule has 0 aliphatic rings. The first-order chi connectivity index (χ1) is 12.4. The lowest BCUT2D eigenvalue weighted by Gasteiger charge is -2.17. The Balaban J connectivity index is 1.99. The number of methoxy groups -OCH3 is 1. The third kappa shape index (κ3) is 5.27. The van der Waals surface area contributed by atoms with Crippen LogP contribution < -0.4 is 14.8 Å². The molecule has 0 radical (unpaired) electrons. The average molecular weight is 380 g/mol. The average Bonchev–Trinajstić information content (AvgIpc) is 2.65. The first kappa shape index (κ1) is 19.9. The fourth-order valence-electron chi connectivity index (χ4n) is 2.25. The van der Waals surface area contributed by atoms with Gasteiger partial charge in [-0.05, 0) is 48.4 Å². The zero-order valence-electron chi connectivity index (χ0n) is 14.5. The largest absolute Gasteiger partial charge is 0.497 e. The zero-order chi connectivity index (χ0) is 19.2. The number of benzene rings is 2. The van der Waals surface area contributed by atoms with Gasteiger partial charge in [-0.25, -0.2) is 12.8 Å². The van der Waals surface area contributed by atoms with Gasteiger partial charge >= 0.3 is 0 Å².